The Morgan fingerprint density at radius 2 is 1.62 bits per heavy atom. The summed E-state index contributed by atoms with van der Waals surface area (Å²) in [5, 5.41) is 23.4. The van der Waals surface area contributed by atoms with E-state index in [-0.39, 0.29) is 23.1 Å². The maximum absolute atomic E-state index is 12.1. The first kappa shape index (κ1) is 21.6. The van der Waals surface area contributed by atoms with Crippen molar-refractivity contribution >= 4 is 34.8 Å². The minimum atomic E-state index is -4.77. The number of nitriles is 2. The van der Waals surface area contributed by atoms with E-state index < -0.39 is 6.36 Å². The van der Waals surface area contributed by atoms with Crippen LogP contribution in [0.3, 0.4) is 0 Å². The van der Waals surface area contributed by atoms with Gasteiger partial charge in [0.25, 0.3) is 0 Å². The predicted octanol–water partition coefficient (Wildman–Crippen LogP) is 4.13. The summed E-state index contributed by atoms with van der Waals surface area (Å²) >= 11 is 1.25. The van der Waals surface area contributed by atoms with E-state index in [9.17, 15) is 18.0 Å². The van der Waals surface area contributed by atoms with Crippen LogP contribution in [0.25, 0.3) is 0 Å². The number of halogens is 3. The van der Waals surface area contributed by atoms with E-state index in [1.165, 1.54) is 23.9 Å². The van der Waals surface area contributed by atoms with Gasteiger partial charge in [0.1, 0.15) is 17.9 Å². The molecule has 2 rings (SSSR count). The van der Waals surface area contributed by atoms with Crippen molar-refractivity contribution in [1.82, 2.24) is 0 Å². The lowest BCUT2D eigenvalue weighted by atomic mass is 10.3. The van der Waals surface area contributed by atoms with Gasteiger partial charge < -0.3 is 10.1 Å². The zero-order valence-electron chi connectivity index (χ0n) is 14.5. The topological polar surface area (TPSA) is 110 Å². The molecule has 0 fully saturated rings. The molecule has 29 heavy (non-hydrogen) atoms. The minimum absolute atomic E-state index is 0.0821. The Labute approximate surface area is 167 Å². The molecule has 0 bridgehead atoms. The van der Waals surface area contributed by atoms with Crippen LogP contribution in [0, 0.1) is 22.7 Å². The number of amides is 1. The highest BCUT2D eigenvalue weighted by Crippen LogP contribution is 2.24. The third kappa shape index (κ3) is 7.82. The smallest absolute Gasteiger partial charge is 0.406 e. The second-order valence-corrected chi connectivity index (χ2v) is 6.28. The lowest BCUT2D eigenvalue weighted by Crippen LogP contribution is -2.17. The van der Waals surface area contributed by atoms with Gasteiger partial charge in [-0.2, -0.15) is 15.6 Å². The maximum Gasteiger partial charge on any atom is 0.573 e. The summed E-state index contributed by atoms with van der Waals surface area (Å²) in [6.07, 6.45) is -4.77. The number of hydrazone groups is 1. The van der Waals surface area contributed by atoms with Crippen LogP contribution < -0.4 is 15.5 Å². The largest absolute Gasteiger partial charge is 0.573 e. The molecule has 11 heteroatoms. The highest BCUT2D eigenvalue weighted by molar-refractivity contribution is 8.00. The van der Waals surface area contributed by atoms with E-state index in [2.05, 4.69) is 20.6 Å². The molecule has 0 spiro atoms. The molecule has 0 heterocycles. The molecule has 7 nitrogen and oxygen atoms in total. The Hall–Kier alpha value is -3.70. The van der Waals surface area contributed by atoms with Crippen molar-refractivity contribution in [3.8, 4) is 17.9 Å². The van der Waals surface area contributed by atoms with Gasteiger partial charge in [-0.25, -0.2) is 0 Å². The second kappa shape index (κ2) is 10.0. The number of ether oxygens (including phenoxy) is 1. The van der Waals surface area contributed by atoms with Crippen molar-refractivity contribution in [1.29, 1.82) is 10.5 Å². The number of nitrogens with zero attached hydrogens (tertiary/aromatic N) is 3. The fraction of sp³-hybridized carbons (Fsp3) is 0.111. The third-order valence-corrected chi connectivity index (χ3v) is 4.12. The number of carbonyl (C=O) groups is 1. The van der Waals surface area contributed by atoms with E-state index in [4.69, 9.17) is 10.5 Å². The number of anilines is 2. The molecule has 0 unspecified atom stereocenters. The van der Waals surface area contributed by atoms with Crippen LogP contribution in [0.5, 0.6) is 5.75 Å². The molecule has 0 aromatic heterocycles. The highest BCUT2D eigenvalue weighted by atomic mass is 32.2. The molecule has 0 saturated heterocycles. The van der Waals surface area contributed by atoms with E-state index in [0.29, 0.717) is 11.4 Å². The van der Waals surface area contributed by atoms with Gasteiger partial charge in [-0.15, -0.1) is 24.9 Å². The molecule has 0 atom stereocenters. The van der Waals surface area contributed by atoms with Gasteiger partial charge in [-0.1, -0.05) is 0 Å². The molecule has 0 radical (unpaired) electrons. The molecule has 0 aliphatic rings. The molecule has 2 N–H and O–H groups in total. The Morgan fingerprint density at radius 3 is 2.17 bits per heavy atom. The zero-order valence-corrected chi connectivity index (χ0v) is 15.3. The van der Waals surface area contributed by atoms with Crippen LogP contribution >= 0.6 is 11.8 Å². The normalized spacial score (nSPS) is 10.2. The first-order valence-electron chi connectivity index (χ1n) is 7.81. The Morgan fingerprint density at radius 1 is 1.03 bits per heavy atom. The van der Waals surface area contributed by atoms with Crippen LogP contribution in [0.2, 0.25) is 0 Å². The van der Waals surface area contributed by atoms with Gasteiger partial charge in [0.05, 0.1) is 11.4 Å². The number of benzene rings is 2. The van der Waals surface area contributed by atoms with Crippen molar-refractivity contribution < 1.29 is 22.7 Å². The van der Waals surface area contributed by atoms with Gasteiger partial charge in [0.15, 0.2) is 0 Å². The molecule has 0 saturated carbocycles. The van der Waals surface area contributed by atoms with Crippen molar-refractivity contribution in [3.63, 3.8) is 0 Å². The Kier molecular flexibility index (Phi) is 7.46. The molecule has 2 aromatic rings. The lowest BCUT2D eigenvalue weighted by Gasteiger charge is -2.10. The fourth-order valence-electron chi connectivity index (χ4n) is 1.91. The summed E-state index contributed by atoms with van der Waals surface area (Å²) in [4.78, 5) is 12.8. The number of hydrogen-bond donors (Lipinski definition) is 2. The standard InChI is InChI=1S/C18H12F3N5O2S/c19-18(20,21)28-15-5-1-12(2-6-15)24-17(27)11-29-16-7-3-13(4-8-16)25-26-14(9-22)10-23/h1-8,25H,11H2,(H,24,27). The van der Waals surface area contributed by atoms with Crippen LogP contribution in [0.15, 0.2) is 58.5 Å². The number of alkyl halides is 3. The van der Waals surface area contributed by atoms with Crippen molar-refractivity contribution in [2.45, 2.75) is 11.3 Å². The van der Waals surface area contributed by atoms with Gasteiger partial charge in [-0.3, -0.25) is 10.2 Å². The van der Waals surface area contributed by atoms with Crippen LogP contribution in [-0.4, -0.2) is 23.7 Å². The highest BCUT2D eigenvalue weighted by Gasteiger charge is 2.30. The summed E-state index contributed by atoms with van der Waals surface area (Å²) in [7, 11) is 0. The van der Waals surface area contributed by atoms with Crippen LogP contribution in [0.4, 0.5) is 24.5 Å². The fourth-order valence-corrected chi connectivity index (χ4v) is 2.61. The summed E-state index contributed by atoms with van der Waals surface area (Å²) in [6, 6.07) is 14.8. The number of nitrogens with one attached hydrogen (secondary N) is 2. The average Bonchev–Trinajstić information content (AvgIpc) is 2.68. The quantitative estimate of drug-likeness (QED) is 0.397. The molecular formula is C18H12F3N5O2S. The maximum atomic E-state index is 12.1. The molecule has 2 aromatic carbocycles. The Balaban J connectivity index is 1.82. The third-order valence-electron chi connectivity index (χ3n) is 3.10. The van der Waals surface area contributed by atoms with Gasteiger partial charge >= 0.3 is 6.36 Å². The first-order chi connectivity index (χ1) is 13.8. The van der Waals surface area contributed by atoms with Crippen LogP contribution in [-0.2, 0) is 4.79 Å². The zero-order chi connectivity index (χ0) is 21.3. The van der Waals surface area contributed by atoms with Crippen molar-refractivity contribution in [3.05, 3.63) is 48.5 Å². The molecular weight excluding hydrogens is 407 g/mol. The number of carbonyl (C=O) groups excluding carboxylic acids is 1. The lowest BCUT2D eigenvalue weighted by molar-refractivity contribution is -0.274. The summed E-state index contributed by atoms with van der Waals surface area (Å²) in [6.45, 7) is 0. The average molecular weight is 419 g/mol. The summed E-state index contributed by atoms with van der Waals surface area (Å²) in [5.41, 5.74) is 3.16. The monoisotopic (exact) mass is 419 g/mol. The van der Waals surface area contributed by atoms with Crippen molar-refractivity contribution in [2.24, 2.45) is 5.10 Å². The molecule has 1 amide bonds. The molecule has 148 valence electrons. The SMILES string of the molecule is N#CC(C#N)=NNc1ccc(SCC(=O)Nc2ccc(OC(F)(F)F)cc2)cc1. The Bertz CT molecular complexity index is 945. The predicted molar refractivity (Wildman–Crippen MR) is 101 cm³/mol. The minimum Gasteiger partial charge on any atom is -0.406 e. The molecule has 0 aliphatic carbocycles. The van der Waals surface area contributed by atoms with Crippen molar-refractivity contribution in [2.75, 3.05) is 16.5 Å². The second-order valence-electron chi connectivity index (χ2n) is 5.23. The number of hydrogen-bond acceptors (Lipinski definition) is 7. The van der Waals surface area contributed by atoms with Gasteiger partial charge in [0, 0.05) is 10.6 Å². The van der Waals surface area contributed by atoms with Gasteiger partial charge in [-0.05, 0) is 48.5 Å². The van der Waals surface area contributed by atoms with E-state index >= 15 is 0 Å². The van der Waals surface area contributed by atoms with E-state index in [1.807, 2.05) is 0 Å². The first-order valence-corrected chi connectivity index (χ1v) is 8.80. The van der Waals surface area contributed by atoms with Crippen LogP contribution in [0.1, 0.15) is 0 Å². The molecule has 0 aliphatic heterocycles. The number of rotatable bonds is 7. The number of thioether (sulfide) groups is 1. The van der Waals surface area contributed by atoms with E-state index in [0.717, 1.165) is 17.0 Å². The van der Waals surface area contributed by atoms with Gasteiger partial charge in [0.2, 0.25) is 11.6 Å². The summed E-state index contributed by atoms with van der Waals surface area (Å²) in [5.74, 6) is -0.628. The summed E-state index contributed by atoms with van der Waals surface area (Å²) < 4.78 is 40.1. The van der Waals surface area contributed by atoms with E-state index in [1.54, 1.807) is 36.4 Å².